The number of aromatic nitrogens is 3. The molecule has 2 aromatic rings. The van der Waals surface area contributed by atoms with E-state index in [0.717, 1.165) is 5.82 Å². The molecule has 0 spiro atoms. The first-order chi connectivity index (χ1) is 7.25. The van der Waals surface area contributed by atoms with Crippen LogP contribution >= 0.6 is 0 Å². The fraction of sp³-hybridized carbons (Fsp3) is 0.300. The quantitative estimate of drug-likeness (QED) is 0.559. The van der Waals surface area contributed by atoms with Crippen LogP contribution in [-0.2, 0) is 0 Å². The van der Waals surface area contributed by atoms with Gasteiger partial charge in [-0.25, -0.2) is 9.50 Å². The second-order valence-corrected chi connectivity index (χ2v) is 3.85. The van der Waals surface area contributed by atoms with Gasteiger partial charge in [0.05, 0.1) is 5.56 Å². The Hall–Kier alpha value is -1.91. The maximum Gasteiger partial charge on any atom is 0.166 e. The van der Waals surface area contributed by atoms with Crippen LogP contribution in [0.1, 0.15) is 30.1 Å². The van der Waals surface area contributed by atoms with Gasteiger partial charge in [-0.05, 0) is 25.0 Å². The van der Waals surface area contributed by atoms with E-state index < -0.39 is 0 Å². The lowest BCUT2D eigenvalue weighted by Crippen LogP contribution is -2.12. The Morgan fingerprint density at radius 1 is 1.53 bits per heavy atom. The molecular weight excluding hydrogens is 190 g/mol. The Labute approximate surface area is 86.4 Å². The number of hydrogen-bond acceptors (Lipinski definition) is 3. The highest BCUT2D eigenvalue weighted by atomic mass is 15.3. The molecule has 1 aliphatic carbocycles. The Bertz CT molecular complexity index is 538. The summed E-state index contributed by atoms with van der Waals surface area (Å²) in [6, 6.07) is 3.62. The predicted octanol–water partition coefficient (Wildman–Crippen LogP) is 0.891. The average Bonchev–Trinajstić information content (AvgIpc) is 2.96. The fourth-order valence-electron chi connectivity index (χ4n) is 1.65. The number of pyridine rings is 1. The Morgan fingerprint density at radius 3 is 3.00 bits per heavy atom. The molecule has 1 aliphatic rings. The van der Waals surface area contributed by atoms with Crippen molar-refractivity contribution in [2.24, 2.45) is 5.73 Å². The van der Waals surface area contributed by atoms with E-state index in [9.17, 15) is 0 Å². The minimum Gasteiger partial charge on any atom is -0.384 e. The van der Waals surface area contributed by atoms with Gasteiger partial charge in [0.15, 0.2) is 11.5 Å². The molecule has 2 aromatic heterocycles. The molecule has 0 aromatic carbocycles. The van der Waals surface area contributed by atoms with E-state index >= 15 is 0 Å². The van der Waals surface area contributed by atoms with E-state index in [1.54, 1.807) is 10.6 Å². The number of nitrogens with two attached hydrogens (primary N) is 1. The van der Waals surface area contributed by atoms with Gasteiger partial charge < -0.3 is 5.73 Å². The highest BCUT2D eigenvalue weighted by Gasteiger charge is 2.28. The van der Waals surface area contributed by atoms with Crippen molar-refractivity contribution >= 4 is 11.5 Å². The minimum atomic E-state index is 0.0374. The lowest BCUT2D eigenvalue weighted by atomic mass is 10.2. The summed E-state index contributed by atoms with van der Waals surface area (Å²) >= 11 is 0. The smallest absolute Gasteiger partial charge is 0.166 e. The SMILES string of the molecule is N=C(N)c1cccn2nc(C3CC3)nc12. The summed E-state index contributed by atoms with van der Waals surface area (Å²) in [6.45, 7) is 0. The third-order valence-corrected chi connectivity index (χ3v) is 2.61. The van der Waals surface area contributed by atoms with Gasteiger partial charge in [-0.3, -0.25) is 5.41 Å². The Morgan fingerprint density at radius 2 is 2.33 bits per heavy atom. The lowest BCUT2D eigenvalue weighted by Gasteiger charge is -1.98. The first kappa shape index (κ1) is 8.40. The number of amidine groups is 1. The first-order valence-electron chi connectivity index (χ1n) is 4.95. The summed E-state index contributed by atoms with van der Waals surface area (Å²) in [5, 5.41) is 11.8. The largest absolute Gasteiger partial charge is 0.384 e. The molecule has 1 fully saturated rings. The van der Waals surface area contributed by atoms with Crippen LogP contribution in [0.3, 0.4) is 0 Å². The van der Waals surface area contributed by atoms with Crippen LogP contribution in [0.5, 0.6) is 0 Å². The van der Waals surface area contributed by atoms with Gasteiger partial charge in [0.1, 0.15) is 5.84 Å². The molecule has 2 heterocycles. The molecule has 1 saturated carbocycles. The van der Waals surface area contributed by atoms with Crippen molar-refractivity contribution in [1.82, 2.24) is 14.6 Å². The van der Waals surface area contributed by atoms with Gasteiger partial charge >= 0.3 is 0 Å². The van der Waals surface area contributed by atoms with Gasteiger partial charge in [0.25, 0.3) is 0 Å². The van der Waals surface area contributed by atoms with E-state index in [4.69, 9.17) is 11.1 Å². The van der Waals surface area contributed by atoms with Crippen LogP contribution in [0.2, 0.25) is 0 Å². The van der Waals surface area contributed by atoms with E-state index in [1.807, 2.05) is 12.3 Å². The molecule has 5 heteroatoms. The van der Waals surface area contributed by atoms with Crippen molar-refractivity contribution in [3.63, 3.8) is 0 Å². The van der Waals surface area contributed by atoms with Crippen LogP contribution in [0.4, 0.5) is 0 Å². The monoisotopic (exact) mass is 201 g/mol. The molecule has 0 radical (unpaired) electrons. The van der Waals surface area contributed by atoms with Crippen LogP contribution in [0.25, 0.3) is 5.65 Å². The number of nitrogens with one attached hydrogen (secondary N) is 1. The molecule has 0 saturated heterocycles. The van der Waals surface area contributed by atoms with Gasteiger partial charge in [-0.15, -0.1) is 0 Å². The molecule has 3 N–H and O–H groups in total. The zero-order chi connectivity index (χ0) is 10.4. The van der Waals surface area contributed by atoms with Crippen LogP contribution in [0, 0.1) is 5.41 Å². The summed E-state index contributed by atoms with van der Waals surface area (Å²) < 4.78 is 1.70. The van der Waals surface area contributed by atoms with Crippen molar-refractivity contribution < 1.29 is 0 Å². The fourth-order valence-corrected chi connectivity index (χ4v) is 1.65. The van der Waals surface area contributed by atoms with E-state index in [1.165, 1.54) is 12.8 Å². The van der Waals surface area contributed by atoms with Gasteiger partial charge in [0.2, 0.25) is 0 Å². The standard InChI is InChI=1S/C10H11N5/c11-8(12)7-2-1-5-15-10(7)13-9(14-15)6-3-4-6/h1-2,5-6H,3-4H2,(H3,11,12). The molecule has 0 bridgehead atoms. The highest BCUT2D eigenvalue weighted by molar-refractivity contribution is 6.00. The molecule has 0 aliphatic heterocycles. The molecule has 15 heavy (non-hydrogen) atoms. The Kier molecular flexibility index (Phi) is 1.56. The second-order valence-electron chi connectivity index (χ2n) is 3.85. The van der Waals surface area contributed by atoms with Crippen molar-refractivity contribution in [1.29, 1.82) is 5.41 Å². The number of rotatable bonds is 2. The maximum absolute atomic E-state index is 7.45. The van der Waals surface area contributed by atoms with Crippen molar-refractivity contribution in [3.8, 4) is 0 Å². The number of nitrogen functional groups attached to an aromatic ring is 1. The Balaban J connectivity index is 2.23. The van der Waals surface area contributed by atoms with Gasteiger partial charge in [-0.1, -0.05) is 0 Å². The molecule has 5 nitrogen and oxygen atoms in total. The first-order valence-corrected chi connectivity index (χ1v) is 4.95. The molecule has 0 atom stereocenters. The highest BCUT2D eigenvalue weighted by Crippen LogP contribution is 2.38. The van der Waals surface area contributed by atoms with Crippen LogP contribution in [0.15, 0.2) is 18.3 Å². The van der Waals surface area contributed by atoms with E-state index in [2.05, 4.69) is 10.1 Å². The average molecular weight is 201 g/mol. The maximum atomic E-state index is 7.45. The summed E-state index contributed by atoms with van der Waals surface area (Å²) in [6.07, 6.45) is 4.18. The molecule has 0 unspecified atom stereocenters. The van der Waals surface area contributed by atoms with Crippen molar-refractivity contribution in [2.75, 3.05) is 0 Å². The third-order valence-electron chi connectivity index (χ3n) is 2.61. The minimum absolute atomic E-state index is 0.0374. The summed E-state index contributed by atoms with van der Waals surface area (Å²) in [7, 11) is 0. The zero-order valence-corrected chi connectivity index (χ0v) is 8.14. The molecule has 76 valence electrons. The van der Waals surface area contributed by atoms with Crippen molar-refractivity contribution in [3.05, 3.63) is 29.7 Å². The van der Waals surface area contributed by atoms with Gasteiger partial charge in [-0.2, -0.15) is 5.10 Å². The van der Waals surface area contributed by atoms with Crippen LogP contribution < -0.4 is 5.73 Å². The number of nitrogens with zero attached hydrogens (tertiary/aromatic N) is 3. The zero-order valence-electron chi connectivity index (χ0n) is 8.14. The van der Waals surface area contributed by atoms with Gasteiger partial charge in [0, 0.05) is 12.1 Å². The topological polar surface area (TPSA) is 80.1 Å². The lowest BCUT2D eigenvalue weighted by molar-refractivity contribution is 0.878. The number of hydrogen-bond donors (Lipinski definition) is 2. The number of fused-ring (bicyclic) bond motifs is 1. The third kappa shape index (κ3) is 1.27. The second kappa shape index (κ2) is 2.79. The summed E-state index contributed by atoms with van der Waals surface area (Å²) in [5.41, 5.74) is 6.82. The predicted molar refractivity (Wildman–Crippen MR) is 56.0 cm³/mol. The molecule has 0 amide bonds. The summed E-state index contributed by atoms with van der Waals surface area (Å²) in [4.78, 5) is 4.43. The van der Waals surface area contributed by atoms with E-state index in [0.29, 0.717) is 17.1 Å². The van der Waals surface area contributed by atoms with Crippen molar-refractivity contribution in [2.45, 2.75) is 18.8 Å². The van der Waals surface area contributed by atoms with Crippen LogP contribution in [-0.4, -0.2) is 20.4 Å². The summed E-state index contributed by atoms with van der Waals surface area (Å²) in [5.74, 6) is 1.43. The normalized spacial score (nSPS) is 15.7. The molecule has 3 rings (SSSR count). The molecular formula is C10H11N5. The van der Waals surface area contributed by atoms with E-state index in [-0.39, 0.29) is 5.84 Å².